The molecule has 0 unspecified atom stereocenters. The van der Waals surface area contributed by atoms with Crippen molar-refractivity contribution in [2.24, 2.45) is 0 Å². The van der Waals surface area contributed by atoms with Crippen molar-refractivity contribution in [2.45, 2.75) is 13.8 Å². The van der Waals surface area contributed by atoms with Crippen LogP contribution in [0.25, 0.3) is 0 Å². The summed E-state index contributed by atoms with van der Waals surface area (Å²) in [7, 11) is 1.68. The zero-order valence-electron chi connectivity index (χ0n) is 7.18. The zero-order valence-corrected chi connectivity index (χ0v) is 7.18. The van der Waals surface area contributed by atoms with Crippen LogP contribution in [0.2, 0.25) is 0 Å². The molecule has 0 heterocycles. The van der Waals surface area contributed by atoms with Crippen LogP contribution in [-0.2, 0) is 4.79 Å². The van der Waals surface area contributed by atoms with Crippen LogP contribution in [0, 0.1) is 0 Å². The van der Waals surface area contributed by atoms with Gasteiger partial charge in [-0.05, 0) is 13.8 Å². The van der Waals surface area contributed by atoms with E-state index in [1.165, 1.54) is 11.8 Å². The minimum atomic E-state index is -0.206. The number of Topliss-reactive ketones (excluding diaryl/α,β-unsaturated/α-hetero) is 1. The van der Waals surface area contributed by atoms with E-state index in [0.717, 1.165) is 0 Å². The van der Waals surface area contributed by atoms with Crippen LogP contribution < -0.4 is 5.32 Å². The summed E-state index contributed by atoms with van der Waals surface area (Å²) >= 11 is 0. The number of rotatable bonds is 3. The number of urea groups is 1. The van der Waals surface area contributed by atoms with Crippen LogP contribution in [0.3, 0.4) is 0 Å². The third kappa shape index (κ3) is 4.36. The van der Waals surface area contributed by atoms with E-state index in [1.807, 2.05) is 6.92 Å². The van der Waals surface area contributed by atoms with Gasteiger partial charge in [-0.25, -0.2) is 4.79 Å². The van der Waals surface area contributed by atoms with E-state index in [9.17, 15) is 9.59 Å². The molecule has 2 amide bonds. The number of ketones is 1. The first-order valence-corrected chi connectivity index (χ1v) is 3.56. The summed E-state index contributed by atoms with van der Waals surface area (Å²) in [5.74, 6) is -0.0390. The highest BCUT2D eigenvalue weighted by Crippen LogP contribution is 1.81. The summed E-state index contributed by atoms with van der Waals surface area (Å²) in [6.07, 6.45) is 0. The Bertz CT molecular complexity index is 157. The molecular weight excluding hydrogens is 144 g/mol. The summed E-state index contributed by atoms with van der Waals surface area (Å²) in [6.45, 7) is 4.06. The number of nitrogens with one attached hydrogen (secondary N) is 1. The van der Waals surface area contributed by atoms with Crippen molar-refractivity contribution in [3.63, 3.8) is 0 Å². The van der Waals surface area contributed by atoms with E-state index in [2.05, 4.69) is 5.32 Å². The molecule has 0 aromatic carbocycles. The van der Waals surface area contributed by atoms with Gasteiger partial charge in [0, 0.05) is 13.6 Å². The predicted octanol–water partition coefficient (Wildman–Crippen LogP) is 0.237. The maximum atomic E-state index is 10.9. The van der Waals surface area contributed by atoms with Crippen LogP contribution in [0.4, 0.5) is 4.79 Å². The molecule has 0 aliphatic carbocycles. The van der Waals surface area contributed by atoms with Crippen LogP contribution in [-0.4, -0.2) is 36.9 Å². The summed E-state index contributed by atoms with van der Waals surface area (Å²) in [5, 5.41) is 2.47. The topological polar surface area (TPSA) is 49.4 Å². The highest BCUT2D eigenvalue weighted by molar-refractivity contribution is 5.83. The van der Waals surface area contributed by atoms with Gasteiger partial charge in [0.2, 0.25) is 0 Å². The molecule has 0 aromatic rings. The van der Waals surface area contributed by atoms with Crippen LogP contribution >= 0.6 is 0 Å². The molecule has 0 bridgehead atoms. The van der Waals surface area contributed by atoms with Crippen LogP contribution in [0.5, 0.6) is 0 Å². The van der Waals surface area contributed by atoms with Crippen molar-refractivity contribution in [3.05, 3.63) is 0 Å². The molecule has 0 saturated carbocycles. The van der Waals surface area contributed by atoms with Gasteiger partial charge in [0.1, 0.15) is 5.78 Å². The Kier molecular flexibility index (Phi) is 4.26. The first-order valence-electron chi connectivity index (χ1n) is 3.56. The monoisotopic (exact) mass is 158 g/mol. The maximum Gasteiger partial charge on any atom is 0.317 e. The zero-order chi connectivity index (χ0) is 8.85. The normalized spacial score (nSPS) is 9.00. The minimum absolute atomic E-state index is 0.0390. The number of hydrogen-bond acceptors (Lipinski definition) is 2. The molecule has 0 aromatic heterocycles. The lowest BCUT2D eigenvalue weighted by Crippen LogP contribution is -2.39. The highest BCUT2D eigenvalue weighted by Gasteiger charge is 2.04. The van der Waals surface area contributed by atoms with Gasteiger partial charge in [-0.1, -0.05) is 0 Å². The lowest BCUT2D eigenvalue weighted by atomic mass is 10.4. The molecule has 0 aliphatic heterocycles. The lowest BCUT2D eigenvalue weighted by molar-refractivity contribution is -0.116. The Labute approximate surface area is 66.6 Å². The van der Waals surface area contributed by atoms with E-state index in [0.29, 0.717) is 6.54 Å². The second-order valence-corrected chi connectivity index (χ2v) is 2.37. The first kappa shape index (κ1) is 9.94. The van der Waals surface area contributed by atoms with E-state index in [1.54, 1.807) is 7.05 Å². The Morgan fingerprint density at radius 3 is 2.36 bits per heavy atom. The summed E-state index contributed by atoms with van der Waals surface area (Å²) in [6, 6.07) is -0.206. The van der Waals surface area contributed by atoms with Crippen molar-refractivity contribution in [3.8, 4) is 0 Å². The third-order valence-corrected chi connectivity index (χ3v) is 1.31. The summed E-state index contributed by atoms with van der Waals surface area (Å²) < 4.78 is 0. The quantitative estimate of drug-likeness (QED) is 0.639. The average Bonchev–Trinajstić information content (AvgIpc) is 1.98. The number of carbonyl (C=O) groups is 2. The summed E-state index contributed by atoms with van der Waals surface area (Å²) in [4.78, 5) is 22.9. The summed E-state index contributed by atoms with van der Waals surface area (Å²) in [5.41, 5.74) is 0. The maximum absolute atomic E-state index is 10.9. The van der Waals surface area contributed by atoms with E-state index in [4.69, 9.17) is 0 Å². The number of hydrogen-bond donors (Lipinski definition) is 1. The van der Waals surface area contributed by atoms with Crippen LogP contribution in [0.15, 0.2) is 0 Å². The Hall–Kier alpha value is -1.06. The molecule has 0 atom stereocenters. The number of amides is 2. The molecule has 0 rings (SSSR count). The largest absolute Gasteiger partial charge is 0.331 e. The van der Waals surface area contributed by atoms with Gasteiger partial charge in [-0.2, -0.15) is 0 Å². The fourth-order valence-electron chi connectivity index (χ4n) is 0.479. The van der Waals surface area contributed by atoms with Crippen LogP contribution in [0.1, 0.15) is 13.8 Å². The molecule has 0 radical (unpaired) electrons. The molecule has 11 heavy (non-hydrogen) atoms. The van der Waals surface area contributed by atoms with Gasteiger partial charge in [-0.3, -0.25) is 4.79 Å². The fourth-order valence-corrected chi connectivity index (χ4v) is 0.479. The number of carbonyl (C=O) groups excluding carboxylic acids is 2. The molecule has 0 spiro atoms. The average molecular weight is 158 g/mol. The van der Waals surface area contributed by atoms with Gasteiger partial charge >= 0.3 is 6.03 Å². The second kappa shape index (κ2) is 4.71. The Morgan fingerprint density at radius 2 is 2.00 bits per heavy atom. The molecule has 1 N–H and O–H groups in total. The predicted molar refractivity (Wildman–Crippen MR) is 42.4 cm³/mol. The van der Waals surface area contributed by atoms with Crippen molar-refractivity contribution < 1.29 is 9.59 Å². The standard InChI is InChI=1S/C7H14N2O2/c1-4-9(3)7(11)8-5-6(2)10/h4-5H2,1-3H3,(H,8,11). The number of nitrogens with zero attached hydrogens (tertiary/aromatic N) is 1. The molecule has 4 heteroatoms. The van der Waals surface area contributed by atoms with Gasteiger partial charge in [0.15, 0.2) is 0 Å². The minimum Gasteiger partial charge on any atom is -0.331 e. The van der Waals surface area contributed by atoms with E-state index in [-0.39, 0.29) is 18.4 Å². The van der Waals surface area contributed by atoms with Crippen molar-refractivity contribution >= 4 is 11.8 Å². The molecule has 0 saturated heterocycles. The SMILES string of the molecule is CCN(C)C(=O)NCC(C)=O. The molecule has 0 fully saturated rings. The smallest absolute Gasteiger partial charge is 0.317 e. The van der Waals surface area contributed by atoms with Gasteiger partial charge in [-0.15, -0.1) is 0 Å². The van der Waals surface area contributed by atoms with Gasteiger partial charge in [0.05, 0.1) is 6.54 Å². The van der Waals surface area contributed by atoms with Crippen molar-refractivity contribution in [1.82, 2.24) is 10.2 Å². The second-order valence-electron chi connectivity index (χ2n) is 2.37. The molecule has 4 nitrogen and oxygen atoms in total. The highest BCUT2D eigenvalue weighted by atomic mass is 16.2. The fraction of sp³-hybridized carbons (Fsp3) is 0.714. The third-order valence-electron chi connectivity index (χ3n) is 1.31. The first-order chi connectivity index (χ1) is 5.07. The molecular formula is C7H14N2O2. The Morgan fingerprint density at radius 1 is 1.45 bits per heavy atom. The lowest BCUT2D eigenvalue weighted by Gasteiger charge is -2.14. The van der Waals surface area contributed by atoms with Crippen molar-refractivity contribution in [1.29, 1.82) is 0 Å². The molecule has 0 aliphatic rings. The van der Waals surface area contributed by atoms with Gasteiger partial charge in [0.25, 0.3) is 0 Å². The Balaban J connectivity index is 3.60. The van der Waals surface area contributed by atoms with Crippen molar-refractivity contribution in [2.75, 3.05) is 20.1 Å². The van der Waals surface area contributed by atoms with Gasteiger partial charge < -0.3 is 10.2 Å². The molecule has 64 valence electrons. The van der Waals surface area contributed by atoms with E-state index < -0.39 is 0 Å². The van der Waals surface area contributed by atoms with E-state index >= 15 is 0 Å².